The summed E-state index contributed by atoms with van der Waals surface area (Å²) in [4.78, 5) is 11.5. The number of pyridine rings is 1. The summed E-state index contributed by atoms with van der Waals surface area (Å²) in [7, 11) is 0. The standard InChI is InChI=1S/C10H15N7O2/c1-10(2,3)19-9(18)14-12-6-4-5-17-8(7(6)11)13-15-16-17/h4-5,12H,11H2,1-3H3,(H,14,18). The smallest absolute Gasteiger partial charge is 0.426 e. The van der Waals surface area contributed by atoms with E-state index < -0.39 is 11.7 Å². The molecule has 102 valence electrons. The van der Waals surface area contributed by atoms with Gasteiger partial charge in [-0.3, -0.25) is 5.43 Å². The number of fused-ring (bicyclic) bond motifs is 1. The highest BCUT2D eigenvalue weighted by Gasteiger charge is 2.16. The Morgan fingerprint density at radius 2 is 2.21 bits per heavy atom. The van der Waals surface area contributed by atoms with Crippen LogP contribution in [0, 0.1) is 0 Å². The Bertz CT molecular complexity index is 601. The number of nitrogens with zero attached hydrogens (tertiary/aromatic N) is 4. The second-order valence-electron chi connectivity index (χ2n) is 4.84. The van der Waals surface area contributed by atoms with Crippen LogP contribution in [0.15, 0.2) is 12.3 Å². The van der Waals surface area contributed by atoms with Crippen molar-refractivity contribution >= 4 is 23.1 Å². The van der Waals surface area contributed by atoms with E-state index in [1.807, 2.05) is 0 Å². The quantitative estimate of drug-likeness (QED) is 0.678. The van der Waals surface area contributed by atoms with Crippen molar-refractivity contribution in [1.29, 1.82) is 0 Å². The average Bonchev–Trinajstić information content (AvgIpc) is 2.74. The van der Waals surface area contributed by atoms with Crippen molar-refractivity contribution in [2.45, 2.75) is 26.4 Å². The predicted molar refractivity (Wildman–Crippen MR) is 68.2 cm³/mol. The van der Waals surface area contributed by atoms with Gasteiger partial charge in [0.05, 0.1) is 5.69 Å². The first-order valence-electron chi connectivity index (χ1n) is 5.58. The fraction of sp³-hybridized carbons (Fsp3) is 0.400. The fourth-order valence-electron chi connectivity index (χ4n) is 1.36. The second kappa shape index (κ2) is 4.59. The molecule has 1 amide bonds. The van der Waals surface area contributed by atoms with E-state index in [0.717, 1.165) is 0 Å². The largest absolute Gasteiger partial charge is 0.443 e. The Morgan fingerprint density at radius 3 is 2.89 bits per heavy atom. The van der Waals surface area contributed by atoms with E-state index in [1.54, 1.807) is 33.0 Å². The van der Waals surface area contributed by atoms with Gasteiger partial charge in [-0.15, -0.1) is 5.10 Å². The number of tetrazole rings is 1. The molecule has 0 radical (unpaired) electrons. The number of ether oxygens (including phenoxy) is 1. The van der Waals surface area contributed by atoms with Crippen molar-refractivity contribution in [3.63, 3.8) is 0 Å². The van der Waals surface area contributed by atoms with Crippen LogP contribution >= 0.6 is 0 Å². The molecule has 9 heteroatoms. The number of nitrogens with one attached hydrogen (secondary N) is 2. The van der Waals surface area contributed by atoms with Gasteiger partial charge in [-0.2, -0.15) is 4.52 Å². The van der Waals surface area contributed by atoms with Gasteiger partial charge in [0.25, 0.3) is 0 Å². The van der Waals surface area contributed by atoms with Crippen molar-refractivity contribution < 1.29 is 9.53 Å². The number of carbonyl (C=O) groups excluding carboxylic acids is 1. The molecule has 0 spiro atoms. The van der Waals surface area contributed by atoms with Crippen molar-refractivity contribution in [2.75, 3.05) is 11.2 Å². The van der Waals surface area contributed by atoms with E-state index in [1.165, 1.54) is 4.52 Å². The van der Waals surface area contributed by atoms with Crippen molar-refractivity contribution in [1.82, 2.24) is 25.5 Å². The number of carbonyl (C=O) groups is 1. The van der Waals surface area contributed by atoms with Crippen molar-refractivity contribution in [3.05, 3.63) is 12.3 Å². The summed E-state index contributed by atoms with van der Waals surface area (Å²) in [5, 5.41) is 10.9. The third-order valence-corrected chi connectivity index (χ3v) is 2.10. The van der Waals surface area contributed by atoms with Gasteiger partial charge in [0.2, 0.25) is 5.65 Å². The molecule has 0 bridgehead atoms. The molecule has 0 fully saturated rings. The van der Waals surface area contributed by atoms with E-state index in [0.29, 0.717) is 17.0 Å². The molecule has 0 unspecified atom stereocenters. The first kappa shape index (κ1) is 12.9. The highest BCUT2D eigenvalue weighted by molar-refractivity contribution is 5.80. The summed E-state index contributed by atoms with van der Waals surface area (Å²) in [6.07, 6.45) is 1.01. The lowest BCUT2D eigenvalue weighted by Crippen LogP contribution is -2.36. The van der Waals surface area contributed by atoms with E-state index in [2.05, 4.69) is 26.4 Å². The minimum absolute atomic E-state index is 0.323. The number of rotatable bonds is 2. The number of nitrogen functional groups attached to an aromatic ring is 1. The summed E-state index contributed by atoms with van der Waals surface area (Å²) in [6.45, 7) is 5.32. The minimum atomic E-state index is -0.605. The predicted octanol–water partition coefficient (Wildman–Crippen LogP) is 0.558. The molecular weight excluding hydrogens is 250 g/mol. The number of anilines is 2. The molecule has 0 aromatic carbocycles. The van der Waals surface area contributed by atoms with Gasteiger partial charge in [-0.1, -0.05) is 0 Å². The maximum Gasteiger partial charge on any atom is 0.426 e. The van der Waals surface area contributed by atoms with Gasteiger partial charge >= 0.3 is 6.09 Å². The molecule has 9 nitrogen and oxygen atoms in total. The van der Waals surface area contributed by atoms with Crippen LogP contribution in [0.25, 0.3) is 5.65 Å². The van der Waals surface area contributed by atoms with E-state index in [9.17, 15) is 4.79 Å². The number of hydrazine groups is 1. The summed E-state index contributed by atoms with van der Waals surface area (Å²) in [5.74, 6) is 0. The van der Waals surface area contributed by atoms with Gasteiger partial charge < -0.3 is 10.5 Å². The molecule has 0 saturated heterocycles. The Kier molecular flexibility index (Phi) is 3.11. The zero-order chi connectivity index (χ0) is 14.0. The van der Waals surface area contributed by atoms with Crippen LogP contribution in [-0.4, -0.2) is 31.7 Å². The topological polar surface area (TPSA) is 119 Å². The molecule has 0 saturated carbocycles. The highest BCUT2D eigenvalue weighted by atomic mass is 16.6. The number of amides is 1. The molecule has 4 N–H and O–H groups in total. The lowest BCUT2D eigenvalue weighted by molar-refractivity contribution is 0.0541. The molecule has 19 heavy (non-hydrogen) atoms. The lowest BCUT2D eigenvalue weighted by atomic mass is 10.2. The van der Waals surface area contributed by atoms with Gasteiger partial charge in [-0.25, -0.2) is 10.2 Å². The first-order valence-corrected chi connectivity index (χ1v) is 5.58. The molecule has 2 aromatic rings. The maximum absolute atomic E-state index is 11.5. The lowest BCUT2D eigenvalue weighted by Gasteiger charge is -2.20. The van der Waals surface area contributed by atoms with Crippen LogP contribution < -0.4 is 16.6 Å². The number of nitrogens with two attached hydrogens (primary N) is 1. The van der Waals surface area contributed by atoms with Crippen LogP contribution in [-0.2, 0) is 4.74 Å². The summed E-state index contributed by atoms with van der Waals surface area (Å²) in [6, 6.07) is 1.63. The molecule has 0 aliphatic carbocycles. The molecule has 0 aliphatic heterocycles. The first-order chi connectivity index (χ1) is 8.87. The third-order valence-electron chi connectivity index (χ3n) is 2.10. The Morgan fingerprint density at radius 1 is 1.47 bits per heavy atom. The zero-order valence-corrected chi connectivity index (χ0v) is 10.8. The Labute approximate surface area is 109 Å². The average molecular weight is 265 g/mol. The van der Waals surface area contributed by atoms with Gasteiger partial charge in [-0.05, 0) is 37.3 Å². The monoisotopic (exact) mass is 265 g/mol. The van der Waals surface area contributed by atoms with E-state index >= 15 is 0 Å². The maximum atomic E-state index is 11.5. The zero-order valence-electron chi connectivity index (χ0n) is 10.8. The van der Waals surface area contributed by atoms with Gasteiger partial charge in [0.1, 0.15) is 11.3 Å². The van der Waals surface area contributed by atoms with Crippen LogP contribution in [0.4, 0.5) is 16.2 Å². The van der Waals surface area contributed by atoms with E-state index in [-0.39, 0.29) is 0 Å². The summed E-state index contributed by atoms with van der Waals surface area (Å²) >= 11 is 0. The minimum Gasteiger partial charge on any atom is -0.443 e. The van der Waals surface area contributed by atoms with Crippen LogP contribution in [0.5, 0.6) is 0 Å². The van der Waals surface area contributed by atoms with Crippen LogP contribution in [0.1, 0.15) is 20.8 Å². The fourth-order valence-corrected chi connectivity index (χ4v) is 1.36. The number of hydrogen-bond acceptors (Lipinski definition) is 7. The molecule has 2 rings (SSSR count). The van der Waals surface area contributed by atoms with Crippen molar-refractivity contribution in [3.8, 4) is 0 Å². The third kappa shape index (κ3) is 3.00. The second-order valence-corrected chi connectivity index (χ2v) is 4.84. The number of hydrogen-bond donors (Lipinski definition) is 3. The summed E-state index contributed by atoms with van der Waals surface area (Å²) < 4.78 is 6.50. The van der Waals surface area contributed by atoms with Gasteiger partial charge in [0.15, 0.2) is 0 Å². The van der Waals surface area contributed by atoms with Crippen LogP contribution in [0.2, 0.25) is 0 Å². The molecule has 0 atom stereocenters. The SMILES string of the molecule is CC(C)(C)OC(=O)NNc1ccn2nnnc2c1N. The van der Waals surface area contributed by atoms with Crippen LogP contribution in [0.3, 0.4) is 0 Å². The van der Waals surface area contributed by atoms with Crippen molar-refractivity contribution in [2.24, 2.45) is 0 Å². The van der Waals surface area contributed by atoms with Gasteiger partial charge in [0, 0.05) is 6.20 Å². The molecular formula is C10H15N7O2. The summed E-state index contributed by atoms with van der Waals surface area (Å²) in [5.41, 5.74) is 11.5. The Hall–Kier alpha value is -2.58. The normalized spacial score (nSPS) is 11.3. The number of aromatic nitrogens is 4. The van der Waals surface area contributed by atoms with E-state index in [4.69, 9.17) is 10.5 Å². The molecule has 0 aliphatic rings. The Balaban J connectivity index is 2.06. The highest BCUT2D eigenvalue weighted by Crippen LogP contribution is 2.20. The molecule has 2 aromatic heterocycles. The molecule has 2 heterocycles.